The number of sulfone groups is 1. The van der Waals surface area contributed by atoms with Crippen LogP contribution in [0.5, 0.6) is 5.75 Å². The van der Waals surface area contributed by atoms with Gasteiger partial charge in [-0.1, -0.05) is 0 Å². The van der Waals surface area contributed by atoms with E-state index in [1.165, 1.54) is 12.1 Å². The summed E-state index contributed by atoms with van der Waals surface area (Å²) < 4.78 is 66.6. The number of benzene rings is 1. The first kappa shape index (κ1) is 20.0. The van der Waals surface area contributed by atoms with Crippen LogP contribution in [0.25, 0.3) is 0 Å². The topological polar surface area (TPSA) is 103 Å². The molecule has 7 nitrogen and oxygen atoms in total. The minimum absolute atomic E-state index is 0.0474. The lowest BCUT2D eigenvalue weighted by molar-refractivity contribution is -0.274. The van der Waals surface area contributed by atoms with Crippen molar-refractivity contribution >= 4 is 21.5 Å². The maximum atomic E-state index is 12.0. The van der Waals surface area contributed by atoms with E-state index in [1.807, 2.05) is 0 Å². The quantitative estimate of drug-likeness (QED) is 0.408. The lowest BCUT2D eigenvalue weighted by atomic mass is 10.3. The fourth-order valence-electron chi connectivity index (χ4n) is 1.47. The third kappa shape index (κ3) is 9.90. The van der Waals surface area contributed by atoms with Crippen LogP contribution in [0, 0.1) is 0 Å². The summed E-state index contributed by atoms with van der Waals surface area (Å²) in [5.74, 6) is -0.370. The monoisotopic (exact) mass is 369 g/mol. The molecule has 0 bridgehead atoms. The lowest BCUT2D eigenvalue weighted by Crippen LogP contribution is -2.23. The van der Waals surface area contributed by atoms with Crippen molar-refractivity contribution < 1.29 is 31.1 Å². The number of rotatable bonds is 8. The largest absolute Gasteiger partial charge is 0.573 e. The van der Waals surface area contributed by atoms with Gasteiger partial charge in [-0.25, -0.2) is 8.42 Å². The van der Waals surface area contributed by atoms with E-state index in [1.54, 1.807) is 0 Å². The second-order valence-electron chi connectivity index (χ2n) is 4.71. The Morgan fingerprint density at radius 1 is 1.25 bits per heavy atom. The normalized spacial score (nSPS) is 12.9. The molecular weight excluding hydrogens is 351 g/mol. The smallest absolute Gasteiger partial charge is 0.406 e. The zero-order chi connectivity index (χ0) is 18.2. The predicted molar refractivity (Wildman–Crippen MR) is 83.8 cm³/mol. The first-order valence-electron chi connectivity index (χ1n) is 6.73. The molecule has 0 atom stereocenters. The molecule has 0 aliphatic heterocycles. The number of hydrogen-bond acceptors (Lipinski definition) is 5. The molecule has 0 aromatic heterocycles. The van der Waals surface area contributed by atoms with Crippen molar-refractivity contribution in [2.75, 3.05) is 37.1 Å². The van der Waals surface area contributed by atoms with E-state index in [-0.39, 0.29) is 37.2 Å². The van der Waals surface area contributed by atoms with E-state index in [4.69, 9.17) is 10.5 Å². The molecule has 0 unspecified atom stereocenters. The summed E-state index contributed by atoms with van der Waals surface area (Å²) in [5, 5.41) is 2.69. The van der Waals surface area contributed by atoms with Gasteiger partial charge >= 0.3 is 6.36 Å². The van der Waals surface area contributed by atoms with Crippen molar-refractivity contribution in [1.82, 2.24) is 0 Å². The number of hydrogen-bond donors (Lipinski definition) is 2. The second-order valence-corrected chi connectivity index (χ2v) is 6.97. The Labute approximate surface area is 137 Å². The van der Waals surface area contributed by atoms with E-state index in [2.05, 4.69) is 15.0 Å². The van der Waals surface area contributed by atoms with Gasteiger partial charge in [0.2, 0.25) is 0 Å². The summed E-state index contributed by atoms with van der Waals surface area (Å²) in [6.07, 6.45) is -3.63. The van der Waals surface area contributed by atoms with Crippen LogP contribution in [0.2, 0.25) is 0 Å². The summed E-state index contributed by atoms with van der Waals surface area (Å²) in [6, 6.07) is 4.98. The fraction of sp³-hybridized carbons (Fsp3) is 0.462. The Balaban J connectivity index is 2.35. The minimum atomic E-state index is -4.74. The Hall–Kier alpha value is -2.01. The molecule has 1 rings (SSSR count). The summed E-state index contributed by atoms with van der Waals surface area (Å²) in [6.45, 7) is 0.469. The van der Waals surface area contributed by atoms with Crippen LogP contribution in [0.1, 0.15) is 0 Å². The molecule has 24 heavy (non-hydrogen) atoms. The van der Waals surface area contributed by atoms with Crippen molar-refractivity contribution in [3.63, 3.8) is 0 Å². The van der Waals surface area contributed by atoms with Gasteiger partial charge in [0.1, 0.15) is 15.6 Å². The van der Waals surface area contributed by atoms with Crippen molar-refractivity contribution in [2.45, 2.75) is 6.36 Å². The number of aliphatic imine (C=N–C) groups is 1. The fourth-order valence-corrected chi connectivity index (χ4v) is 1.89. The minimum Gasteiger partial charge on any atom is -0.406 e. The lowest BCUT2D eigenvalue weighted by Gasteiger charge is -2.10. The standard InChI is InChI=1S/C13H18F3N3O4S/c1-24(20,21)9-8-22-7-6-18-12(17)19-10-2-4-11(5-3-10)23-13(14,15)16/h2-5H,6-9H2,1H3,(H3,17,18,19). The van der Waals surface area contributed by atoms with Crippen LogP contribution in [0.15, 0.2) is 29.3 Å². The van der Waals surface area contributed by atoms with Gasteiger partial charge in [-0.2, -0.15) is 0 Å². The van der Waals surface area contributed by atoms with E-state index in [0.29, 0.717) is 5.69 Å². The molecule has 0 fully saturated rings. The number of guanidine groups is 1. The summed E-state index contributed by atoms with van der Waals surface area (Å²) in [5.41, 5.74) is 6.04. The van der Waals surface area contributed by atoms with Gasteiger partial charge in [-0.3, -0.25) is 4.99 Å². The predicted octanol–water partition coefficient (Wildman–Crippen LogP) is 1.37. The highest BCUT2D eigenvalue weighted by atomic mass is 32.2. The van der Waals surface area contributed by atoms with Crippen LogP contribution in [-0.4, -0.2) is 52.5 Å². The number of nitrogens with zero attached hydrogens (tertiary/aromatic N) is 1. The van der Waals surface area contributed by atoms with Crippen molar-refractivity contribution in [3.05, 3.63) is 24.3 Å². The van der Waals surface area contributed by atoms with Gasteiger partial charge in [0, 0.05) is 11.9 Å². The molecule has 11 heteroatoms. The Morgan fingerprint density at radius 3 is 2.42 bits per heavy atom. The van der Waals surface area contributed by atoms with Gasteiger partial charge in [0.15, 0.2) is 5.96 Å². The maximum Gasteiger partial charge on any atom is 0.573 e. The molecule has 0 heterocycles. The zero-order valence-electron chi connectivity index (χ0n) is 12.8. The van der Waals surface area contributed by atoms with E-state index >= 15 is 0 Å². The highest BCUT2D eigenvalue weighted by molar-refractivity contribution is 7.90. The highest BCUT2D eigenvalue weighted by Crippen LogP contribution is 2.23. The molecule has 0 amide bonds. The van der Waals surface area contributed by atoms with Gasteiger partial charge in [-0.05, 0) is 24.3 Å². The first-order chi connectivity index (χ1) is 11.1. The number of ether oxygens (including phenoxy) is 2. The highest BCUT2D eigenvalue weighted by Gasteiger charge is 2.30. The first-order valence-corrected chi connectivity index (χ1v) is 8.79. The molecule has 0 aliphatic rings. The molecule has 3 N–H and O–H groups in total. The van der Waals surface area contributed by atoms with E-state index < -0.39 is 16.2 Å². The van der Waals surface area contributed by atoms with Crippen LogP contribution in [0.3, 0.4) is 0 Å². The van der Waals surface area contributed by atoms with Crippen LogP contribution >= 0.6 is 0 Å². The average Bonchev–Trinajstić information content (AvgIpc) is 2.42. The number of halogens is 3. The number of nitrogens with one attached hydrogen (secondary N) is 1. The van der Waals surface area contributed by atoms with E-state index in [0.717, 1.165) is 18.4 Å². The van der Waals surface area contributed by atoms with Crippen LogP contribution < -0.4 is 15.8 Å². The molecule has 0 saturated carbocycles. The van der Waals surface area contributed by atoms with Gasteiger partial charge in [0.25, 0.3) is 0 Å². The van der Waals surface area contributed by atoms with Gasteiger partial charge in [0.05, 0.1) is 25.5 Å². The number of alkyl halides is 3. The molecule has 0 aliphatic carbocycles. The Bertz CT molecular complexity index is 645. The molecular formula is C13H18F3N3O4S. The Morgan fingerprint density at radius 2 is 1.88 bits per heavy atom. The summed E-state index contributed by atoms with van der Waals surface area (Å²) >= 11 is 0. The van der Waals surface area contributed by atoms with Crippen molar-refractivity contribution in [3.8, 4) is 5.75 Å². The third-order valence-corrected chi connectivity index (χ3v) is 3.38. The van der Waals surface area contributed by atoms with Crippen LogP contribution in [-0.2, 0) is 14.6 Å². The van der Waals surface area contributed by atoms with Gasteiger partial charge < -0.3 is 20.5 Å². The molecule has 1 aromatic rings. The molecule has 0 radical (unpaired) electrons. The van der Waals surface area contributed by atoms with Crippen molar-refractivity contribution in [2.24, 2.45) is 10.7 Å². The second kappa shape index (κ2) is 8.73. The maximum absolute atomic E-state index is 12.0. The molecule has 0 saturated heterocycles. The third-order valence-electron chi connectivity index (χ3n) is 2.48. The molecule has 1 aromatic carbocycles. The number of anilines is 1. The van der Waals surface area contributed by atoms with Gasteiger partial charge in [-0.15, -0.1) is 13.2 Å². The van der Waals surface area contributed by atoms with Crippen LogP contribution in [0.4, 0.5) is 18.9 Å². The SMILES string of the molecule is CS(=O)(=O)CCOCCN=C(N)Nc1ccc(OC(F)(F)F)cc1. The summed E-state index contributed by atoms with van der Waals surface area (Å²) in [4.78, 5) is 3.93. The van der Waals surface area contributed by atoms with E-state index in [9.17, 15) is 21.6 Å². The van der Waals surface area contributed by atoms with Crippen molar-refractivity contribution in [1.29, 1.82) is 0 Å². The zero-order valence-corrected chi connectivity index (χ0v) is 13.7. The molecule has 136 valence electrons. The Kier molecular flexibility index (Phi) is 7.29. The number of nitrogens with two attached hydrogens (primary N) is 1. The average molecular weight is 369 g/mol. The summed E-state index contributed by atoms with van der Waals surface area (Å²) in [7, 11) is -3.06. The molecule has 0 spiro atoms.